The number of nitrogens with one attached hydrogen (secondary N) is 1. The van der Waals surface area contributed by atoms with Gasteiger partial charge in [-0.05, 0) is 19.8 Å². The van der Waals surface area contributed by atoms with Crippen LogP contribution < -0.4 is 11.1 Å². The summed E-state index contributed by atoms with van der Waals surface area (Å²) in [6.45, 7) is 2.52. The predicted molar refractivity (Wildman–Crippen MR) is 61.7 cm³/mol. The van der Waals surface area contributed by atoms with Gasteiger partial charge in [0.25, 0.3) is 0 Å². The largest absolute Gasteiger partial charge is 0.355 e. The molecule has 0 saturated heterocycles. The highest BCUT2D eigenvalue weighted by atomic mass is 16.2. The van der Waals surface area contributed by atoms with Crippen molar-refractivity contribution < 1.29 is 9.59 Å². The monoisotopic (exact) mass is 227 g/mol. The number of likely N-dealkylation sites (N-methyl/N-ethyl adjacent to an activating group) is 2. The van der Waals surface area contributed by atoms with Gasteiger partial charge in [0.2, 0.25) is 11.8 Å². The maximum absolute atomic E-state index is 12.0. The minimum atomic E-state index is -0.735. The van der Waals surface area contributed by atoms with Crippen molar-refractivity contribution in [1.82, 2.24) is 10.2 Å². The van der Waals surface area contributed by atoms with Crippen LogP contribution in [0.3, 0.4) is 0 Å². The van der Waals surface area contributed by atoms with Crippen LogP contribution in [0.5, 0.6) is 0 Å². The normalized spacial score (nSPS) is 18.2. The molecule has 0 unspecified atom stereocenters. The first-order valence-corrected chi connectivity index (χ1v) is 5.81. The zero-order valence-electron chi connectivity index (χ0n) is 10.1. The Labute approximate surface area is 96.4 Å². The highest BCUT2D eigenvalue weighted by Crippen LogP contribution is 2.28. The first kappa shape index (κ1) is 13.0. The third-order valence-electron chi connectivity index (χ3n) is 3.02. The fourth-order valence-electron chi connectivity index (χ4n) is 2.14. The van der Waals surface area contributed by atoms with E-state index in [1.807, 2.05) is 6.92 Å². The van der Waals surface area contributed by atoms with Crippen molar-refractivity contribution in [2.24, 2.45) is 5.73 Å². The van der Waals surface area contributed by atoms with E-state index < -0.39 is 5.54 Å². The Morgan fingerprint density at radius 3 is 2.44 bits per heavy atom. The van der Waals surface area contributed by atoms with Crippen LogP contribution >= 0.6 is 0 Å². The van der Waals surface area contributed by atoms with Crippen LogP contribution in [0.1, 0.15) is 32.6 Å². The molecule has 0 heterocycles. The van der Waals surface area contributed by atoms with Crippen LogP contribution in [0.25, 0.3) is 0 Å². The van der Waals surface area contributed by atoms with Gasteiger partial charge >= 0.3 is 0 Å². The summed E-state index contributed by atoms with van der Waals surface area (Å²) in [6.07, 6.45) is 3.45. The van der Waals surface area contributed by atoms with E-state index in [4.69, 9.17) is 5.73 Å². The summed E-state index contributed by atoms with van der Waals surface area (Å²) in [6, 6.07) is 0. The van der Waals surface area contributed by atoms with Gasteiger partial charge in [0.05, 0.1) is 12.1 Å². The quantitative estimate of drug-likeness (QED) is 0.701. The minimum Gasteiger partial charge on any atom is -0.355 e. The second kappa shape index (κ2) is 5.30. The molecular formula is C11H21N3O2. The molecular weight excluding hydrogens is 206 g/mol. The third kappa shape index (κ3) is 2.95. The topological polar surface area (TPSA) is 75.4 Å². The molecule has 0 atom stereocenters. The molecule has 1 rings (SSSR count). The smallest absolute Gasteiger partial charge is 0.242 e. The number of amides is 2. The maximum atomic E-state index is 12.0. The zero-order valence-corrected chi connectivity index (χ0v) is 10.1. The number of hydrogen-bond acceptors (Lipinski definition) is 3. The molecule has 3 N–H and O–H groups in total. The Morgan fingerprint density at radius 1 is 1.38 bits per heavy atom. The standard InChI is InChI=1S/C11H21N3O2/c1-3-13-9(15)8-14(2)10(16)11(12)6-4-5-7-11/h3-8,12H2,1-2H3,(H,13,15). The van der Waals surface area contributed by atoms with E-state index in [1.54, 1.807) is 7.05 Å². The molecule has 2 amide bonds. The lowest BCUT2D eigenvalue weighted by molar-refractivity contribution is -0.139. The van der Waals surface area contributed by atoms with E-state index >= 15 is 0 Å². The molecule has 1 aliphatic rings. The van der Waals surface area contributed by atoms with E-state index in [0.29, 0.717) is 6.54 Å². The Kier molecular flexibility index (Phi) is 4.29. The lowest BCUT2D eigenvalue weighted by Crippen LogP contribution is -2.54. The van der Waals surface area contributed by atoms with Gasteiger partial charge in [0.1, 0.15) is 0 Å². The molecule has 0 aromatic carbocycles. The number of carbonyl (C=O) groups is 2. The Balaban J connectivity index is 2.50. The molecule has 1 aliphatic carbocycles. The Bertz CT molecular complexity index is 272. The van der Waals surface area contributed by atoms with E-state index in [1.165, 1.54) is 4.90 Å². The van der Waals surface area contributed by atoms with E-state index in [0.717, 1.165) is 25.7 Å². The molecule has 0 aliphatic heterocycles. The summed E-state index contributed by atoms with van der Waals surface area (Å²) >= 11 is 0. The lowest BCUT2D eigenvalue weighted by Gasteiger charge is -2.28. The highest BCUT2D eigenvalue weighted by molar-refractivity contribution is 5.90. The summed E-state index contributed by atoms with van der Waals surface area (Å²) < 4.78 is 0. The Morgan fingerprint density at radius 2 is 1.94 bits per heavy atom. The second-order valence-corrected chi connectivity index (χ2v) is 4.48. The summed E-state index contributed by atoms with van der Waals surface area (Å²) in [5.74, 6) is -0.254. The van der Waals surface area contributed by atoms with E-state index in [9.17, 15) is 9.59 Å². The van der Waals surface area contributed by atoms with Crippen LogP contribution in [-0.4, -0.2) is 42.4 Å². The molecule has 0 aromatic rings. The van der Waals surface area contributed by atoms with Crippen molar-refractivity contribution in [3.63, 3.8) is 0 Å². The number of nitrogens with zero attached hydrogens (tertiary/aromatic N) is 1. The van der Waals surface area contributed by atoms with Crippen LogP contribution in [0.15, 0.2) is 0 Å². The molecule has 1 fully saturated rings. The van der Waals surface area contributed by atoms with Crippen LogP contribution in [0, 0.1) is 0 Å². The average molecular weight is 227 g/mol. The van der Waals surface area contributed by atoms with Crippen molar-refractivity contribution in [3.8, 4) is 0 Å². The fraction of sp³-hybridized carbons (Fsp3) is 0.818. The van der Waals surface area contributed by atoms with Gasteiger partial charge in [-0.25, -0.2) is 0 Å². The highest BCUT2D eigenvalue weighted by Gasteiger charge is 2.39. The van der Waals surface area contributed by atoms with Crippen LogP contribution in [0.4, 0.5) is 0 Å². The molecule has 0 spiro atoms. The fourth-order valence-corrected chi connectivity index (χ4v) is 2.14. The second-order valence-electron chi connectivity index (χ2n) is 4.48. The summed E-state index contributed by atoms with van der Waals surface area (Å²) in [5.41, 5.74) is 5.30. The van der Waals surface area contributed by atoms with Gasteiger partial charge < -0.3 is 16.0 Å². The van der Waals surface area contributed by atoms with Crippen LogP contribution in [-0.2, 0) is 9.59 Å². The first-order valence-electron chi connectivity index (χ1n) is 5.81. The Hall–Kier alpha value is -1.10. The number of nitrogens with two attached hydrogens (primary N) is 1. The van der Waals surface area contributed by atoms with Gasteiger partial charge in [-0.3, -0.25) is 9.59 Å². The van der Waals surface area contributed by atoms with Gasteiger partial charge in [0, 0.05) is 13.6 Å². The average Bonchev–Trinajstić information content (AvgIpc) is 2.65. The maximum Gasteiger partial charge on any atom is 0.242 e. The predicted octanol–water partition coefficient (Wildman–Crippen LogP) is -0.148. The van der Waals surface area contributed by atoms with Crippen molar-refractivity contribution in [3.05, 3.63) is 0 Å². The molecule has 92 valence electrons. The van der Waals surface area contributed by atoms with Crippen LogP contribution in [0.2, 0.25) is 0 Å². The first-order chi connectivity index (χ1) is 7.49. The van der Waals surface area contributed by atoms with Crippen molar-refractivity contribution in [2.45, 2.75) is 38.1 Å². The molecule has 5 heteroatoms. The van der Waals surface area contributed by atoms with Gasteiger partial charge in [-0.15, -0.1) is 0 Å². The number of rotatable bonds is 4. The van der Waals surface area contributed by atoms with Crippen molar-refractivity contribution in [2.75, 3.05) is 20.1 Å². The summed E-state index contributed by atoms with van der Waals surface area (Å²) in [5, 5.41) is 2.66. The zero-order chi connectivity index (χ0) is 12.2. The molecule has 1 saturated carbocycles. The van der Waals surface area contributed by atoms with Crippen molar-refractivity contribution in [1.29, 1.82) is 0 Å². The number of hydrogen-bond donors (Lipinski definition) is 2. The molecule has 0 bridgehead atoms. The van der Waals surface area contributed by atoms with Gasteiger partial charge in [0.15, 0.2) is 0 Å². The summed E-state index contributed by atoms with van der Waals surface area (Å²) in [4.78, 5) is 24.8. The molecule has 5 nitrogen and oxygen atoms in total. The van der Waals surface area contributed by atoms with E-state index in [-0.39, 0.29) is 18.4 Å². The lowest BCUT2D eigenvalue weighted by atomic mass is 9.97. The van der Waals surface area contributed by atoms with E-state index in [2.05, 4.69) is 5.32 Å². The third-order valence-corrected chi connectivity index (χ3v) is 3.02. The summed E-state index contributed by atoms with van der Waals surface area (Å²) in [7, 11) is 1.63. The molecule has 16 heavy (non-hydrogen) atoms. The minimum absolute atomic E-state index is 0.0889. The van der Waals surface area contributed by atoms with Crippen molar-refractivity contribution >= 4 is 11.8 Å². The number of carbonyl (C=O) groups excluding carboxylic acids is 2. The SMILES string of the molecule is CCNC(=O)CN(C)C(=O)C1(N)CCCC1. The molecule has 0 aromatic heterocycles. The van der Waals surface area contributed by atoms with Gasteiger partial charge in [-0.1, -0.05) is 12.8 Å². The molecule has 0 radical (unpaired) electrons. The van der Waals surface area contributed by atoms with Gasteiger partial charge in [-0.2, -0.15) is 0 Å².